The van der Waals surface area contributed by atoms with Gasteiger partial charge in [0, 0.05) is 16.9 Å². The quantitative estimate of drug-likeness (QED) is 0.668. The van der Waals surface area contributed by atoms with Crippen molar-refractivity contribution in [3.63, 3.8) is 0 Å². The summed E-state index contributed by atoms with van der Waals surface area (Å²) < 4.78 is 26.9. The van der Waals surface area contributed by atoms with Gasteiger partial charge in [0.25, 0.3) is 10.0 Å². The zero-order valence-corrected chi connectivity index (χ0v) is 12.7. The van der Waals surface area contributed by atoms with Crippen molar-refractivity contribution in [3.05, 3.63) is 53.1 Å². The van der Waals surface area contributed by atoms with Crippen LogP contribution in [0.4, 0.5) is 11.4 Å². The number of rotatable bonds is 4. The molecule has 0 radical (unpaired) electrons. The number of nitrogen functional groups attached to an aromatic ring is 1. The molecule has 0 aliphatic heterocycles. The predicted molar refractivity (Wildman–Crippen MR) is 83.1 cm³/mol. The highest BCUT2D eigenvalue weighted by Crippen LogP contribution is 2.25. The lowest BCUT2D eigenvalue weighted by Gasteiger charge is -2.10. The van der Waals surface area contributed by atoms with E-state index in [1.54, 1.807) is 12.1 Å². The number of carbonyl (C=O) groups excluding carboxylic acids is 1. The van der Waals surface area contributed by atoms with Crippen LogP contribution in [0, 0.1) is 0 Å². The fourth-order valence-corrected chi connectivity index (χ4v) is 3.33. The summed E-state index contributed by atoms with van der Waals surface area (Å²) in [4.78, 5) is 11.1. The fourth-order valence-electron chi connectivity index (χ4n) is 1.72. The van der Waals surface area contributed by atoms with Crippen LogP contribution >= 0.6 is 11.6 Å². The van der Waals surface area contributed by atoms with Crippen LogP contribution in [0.5, 0.6) is 0 Å². The highest BCUT2D eigenvalue weighted by atomic mass is 35.5. The maximum Gasteiger partial charge on any atom is 0.263 e. The molecule has 0 aliphatic carbocycles. The molecule has 21 heavy (non-hydrogen) atoms. The van der Waals surface area contributed by atoms with Crippen LogP contribution in [0.2, 0.25) is 5.02 Å². The van der Waals surface area contributed by atoms with E-state index in [4.69, 9.17) is 17.3 Å². The van der Waals surface area contributed by atoms with Gasteiger partial charge in [0.1, 0.15) is 4.90 Å². The van der Waals surface area contributed by atoms with E-state index < -0.39 is 10.0 Å². The van der Waals surface area contributed by atoms with Crippen LogP contribution < -0.4 is 10.5 Å². The average Bonchev–Trinajstić information content (AvgIpc) is 2.38. The van der Waals surface area contributed by atoms with E-state index in [2.05, 4.69) is 4.72 Å². The fraction of sp³-hybridized carbons (Fsp3) is 0.0714. The average molecular weight is 325 g/mol. The smallest absolute Gasteiger partial charge is 0.263 e. The van der Waals surface area contributed by atoms with Crippen molar-refractivity contribution in [2.24, 2.45) is 0 Å². The molecule has 0 amide bonds. The van der Waals surface area contributed by atoms with Crippen molar-refractivity contribution in [2.45, 2.75) is 11.8 Å². The molecule has 0 bridgehead atoms. The normalized spacial score (nSPS) is 11.1. The molecule has 110 valence electrons. The molecule has 0 atom stereocenters. The third kappa shape index (κ3) is 3.53. The van der Waals surface area contributed by atoms with E-state index in [9.17, 15) is 13.2 Å². The van der Waals surface area contributed by atoms with E-state index in [0.29, 0.717) is 16.9 Å². The Kier molecular flexibility index (Phi) is 4.20. The molecular formula is C14H13ClN2O3S. The Morgan fingerprint density at radius 2 is 1.76 bits per heavy atom. The summed E-state index contributed by atoms with van der Waals surface area (Å²) in [6.45, 7) is 1.44. The molecule has 0 fully saturated rings. The molecule has 2 aromatic carbocycles. The lowest BCUT2D eigenvalue weighted by atomic mass is 10.1. The third-order valence-electron chi connectivity index (χ3n) is 2.79. The number of hydrogen-bond donors (Lipinski definition) is 2. The van der Waals surface area contributed by atoms with Gasteiger partial charge >= 0.3 is 0 Å². The van der Waals surface area contributed by atoms with Gasteiger partial charge in [0.2, 0.25) is 0 Å². The van der Waals surface area contributed by atoms with Gasteiger partial charge in [0.05, 0.1) is 5.02 Å². The minimum atomic E-state index is -3.82. The molecule has 2 rings (SSSR count). The molecule has 0 aromatic heterocycles. The summed E-state index contributed by atoms with van der Waals surface area (Å²) in [5, 5.41) is 0.0443. The molecular weight excluding hydrogens is 312 g/mol. The summed E-state index contributed by atoms with van der Waals surface area (Å²) in [5.74, 6) is -0.0917. The van der Waals surface area contributed by atoms with Gasteiger partial charge < -0.3 is 5.73 Å². The third-order valence-corrected chi connectivity index (χ3v) is 4.65. The zero-order valence-electron chi connectivity index (χ0n) is 11.1. The Morgan fingerprint density at radius 1 is 1.14 bits per heavy atom. The summed E-state index contributed by atoms with van der Waals surface area (Å²) in [7, 11) is -3.82. The van der Waals surface area contributed by atoms with Crippen LogP contribution in [0.1, 0.15) is 17.3 Å². The lowest BCUT2D eigenvalue weighted by Crippen LogP contribution is -2.13. The molecule has 0 unspecified atom stereocenters. The molecule has 2 aromatic rings. The standard InChI is InChI=1S/C14H13ClN2O3S/c1-9(18)10-2-5-12(6-3-10)17-21(19,20)14-7-4-11(16)8-13(14)15/h2-8,17H,16H2,1H3. The number of sulfonamides is 1. The minimum absolute atomic E-state index is 0.0443. The van der Waals surface area contributed by atoms with Gasteiger partial charge in [-0.25, -0.2) is 8.42 Å². The molecule has 0 aliphatic rings. The van der Waals surface area contributed by atoms with Gasteiger partial charge in [-0.3, -0.25) is 9.52 Å². The van der Waals surface area contributed by atoms with Crippen LogP contribution in [0.25, 0.3) is 0 Å². The first-order chi connectivity index (χ1) is 9.79. The number of halogens is 1. The molecule has 7 heteroatoms. The SMILES string of the molecule is CC(=O)c1ccc(NS(=O)(=O)c2ccc(N)cc2Cl)cc1. The summed E-state index contributed by atoms with van der Waals surface area (Å²) in [5.41, 5.74) is 6.76. The second kappa shape index (κ2) is 5.75. The van der Waals surface area contributed by atoms with Gasteiger partial charge in [0.15, 0.2) is 5.78 Å². The number of ketones is 1. The van der Waals surface area contributed by atoms with E-state index in [1.165, 1.54) is 37.3 Å². The Labute approximate surface area is 127 Å². The Hall–Kier alpha value is -2.05. The lowest BCUT2D eigenvalue weighted by molar-refractivity contribution is 0.101. The van der Waals surface area contributed by atoms with E-state index in [1.807, 2.05) is 0 Å². The van der Waals surface area contributed by atoms with Crippen molar-refractivity contribution < 1.29 is 13.2 Å². The number of carbonyl (C=O) groups is 1. The first-order valence-corrected chi connectivity index (χ1v) is 7.84. The molecule has 0 spiro atoms. The van der Waals surface area contributed by atoms with Gasteiger partial charge in [-0.1, -0.05) is 11.6 Å². The van der Waals surface area contributed by atoms with E-state index in [0.717, 1.165) is 0 Å². The minimum Gasteiger partial charge on any atom is -0.399 e. The van der Waals surface area contributed by atoms with E-state index >= 15 is 0 Å². The van der Waals surface area contributed by atoms with Crippen molar-refractivity contribution in [2.75, 3.05) is 10.5 Å². The highest BCUT2D eigenvalue weighted by molar-refractivity contribution is 7.92. The van der Waals surface area contributed by atoms with Gasteiger partial charge in [-0.05, 0) is 49.4 Å². The summed E-state index contributed by atoms with van der Waals surface area (Å²) >= 11 is 5.90. The first kappa shape index (κ1) is 15.3. The largest absolute Gasteiger partial charge is 0.399 e. The van der Waals surface area contributed by atoms with Crippen molar-refractivity contribution in [3.8, 4) is 0 Å². The Balaban J connectivity index is 2.30. The molecule has 0 saturated heterocycles. The van der Waals surface area contributed by atoms with Gasteiger partial charge in [-0.2, -0.15) is 0 Å². The summed E-state index contributed by atoms with van der Waals surface area (Å²) in [6, 6.07) is 10.3. The van der Waals surface area contributed by atoms with Crippen LogP contribution in [0.15, 0.2) is 47.4 Å². The molecule has 5 nitrogen and oxygen atoms in total. The summed E-state index contributed by atoms with van der Waals surface area (Å²) in [6.07, 6.45) is 0. The molecule has 0 saturated carbocycles. The number of anilines is 2. The van der Waals surface area contributed by atoms with Crippen LogP contribution in [0.3, 0.4) is 0 Å². The van der Waals surface area contributed by atoms with Crippen molar-refractivity contribution in [1.29, 1.82) is 0 Å². The number of Topliss-reactive ketones (excluding diaryl/α,β-unsaturated/α-hetero) is 1. The maximum absolute atomic E-state index is 12.2. The number of nitrogens with one attached hydrogen (secondary N) is 1. The number of nitrogens with two attached hydrogens (primary N) is 1. The zero-order chi connectivity index (χ0) is 15.6. The van der Waals surface area contributed by atoms with Crippen molar-refractivity contribution >= 4 is 38.8 Å². The number of benzene rings is 2. The Morgan fingerprint density at radius 3 is 2.29 bits per heavy atom. The van der Waals surface area contributed by atoms with Crippen LogP contribution in [-0.2, 0) is 10.0 Å². The topological polar surface area (TPSA) is 89.3 Å². The van der Waals surface area contributed by atoms with Crippen LogP contribution in [-0.4, -0.2) is 14.2 Å². The Bertz CT molecular complexity index is 786. The second-order valence-corrected chi connectivity index (χ2v) is 6.49. The second-order valence-electron chi connectivity index (χ2n) is 4.43. The highest BCUT2D eigenvalue weighted by Gasteiger charge is 2.18. The molecule has 3 N–H and O–H groups in total. The predicted octanol–water partition coefficient (Wildman–Crippen LogP) is 2.93. The van der Waals surface area contributed by atoms with Gasteiger partial charge in [-0.15, -0.1) is 0 Å². The number of hydrogen-bond acceptors (Lipinski definition) is 4. The van der Waals surface area contributed by atoms with Crippen molar-refractivity contribution in [1.82, 2.24) is 0 Å². The van der Waals surface area contributed by atoms with E-state index in [-0.39, 0.29) is 15.7 Å². The first-order valence-electron chi connectivity index (χ1n) is 5.98. The maximum atomic E-state index is 12.2. The monoisotopic (exact) mass is 324 g/mol. The molecule has 0 heterocycles.